The highest BCUT2D eigenvalue weighted by Crippen LogP contribution is 2.34. The van der Waals surface area contributed by atoms with Crippen LogP contribution in [0, 0.1) is 0 Å². The van der Waals surface area contributed by atoms with Gasteiger partial charge in [-0.1, -0.05) is 35.9 Å². The molecule has 3 rings (SSSR count). The molecule has 0 fully saturated rings. The van der Waals surface area contributed by atoms with Crippen molar-refractivity contribution < 1.29 is 9.47 Å². The molecule has 166 valence electrons. The van der Waals surface area contributed by atoms with Crippen LogP contribution in [0.5, 0.6) is 11.5 Å². The molecule has 2 aromatic heterocycles. The maximum atomic E-state index is 13.0. The molecule has 0 aliphatic rings. The largest absolute Gasteiger partial charge is 0.493 e. The van der Waals surface area contributed by atoms with Gasteiger partial charge < -0.3 is 14.0 Å². The molecular weight excluding hydrogens is 464 g/mol. The first-order valence-electron chi connectivity index (χ1n) is 10.2. The summed E-state index contributed by atoms with van der Waals surface area (Å²) in [6, 6.07) is 3.68. The molecular formula is C22H27BrN4O4. The molecule has 0 saturated heterocycles. The molecule has 0 atom stereocenters. The third-order valence-corrected chi connectivity index (χ3v) is 5.77. The van der Waals surface area contributed by atoms with Gasteiger partial charge in [-0.05, 0) is 36.6 Å². The zero-order valence-electron chi connectivity index (χ0n) is 18.4. The summed E-state index contributed by atoms with van der Waals surface area (Å²) in [6.07, 6.45) is 5.15. The van der Waals surface area contributed by atoms with Crippen LogP contribution >= 0.6 is 15.9 Å². The van der Waals surface area contributed by atoms with Gasteiger partial charge in [0, 0.05) is 24.6 Å². The molecule has 0 saturated carbocycles. The summed E-state index contributed by atoms with van der Waals surface area (Å²) in [6.45, 7) is 4.82. The maximum Gasteiger partial charge on any atom is 0.332 e. The molecule has 8 nitrogen and oxygen atoms in total. The van der Waals surface area contributed by atoms with Crippen molar-refractivity contribution in [3.63, 3.8) is 0 Å². The summed E-state index contributed by atoms with van der Waals surface area (Å²) < 4.78 is 16.2. The molecule has 0 N–H and O–H groups in total. The Morgan fingerprint density at radius 1 is 1.00 bits per heavy atom. The van der Waals surface area contributed by atoms with Crippen molar-refractivity contribution in [2.75, 3.05) is 14.2 Å². The van der Waals surface area contributed by atoms with Crippen molar-refractivity contribution in [1.82, 2.24) is 18.7 Å². The second-order valence-electron chi connectivity index (χ2n) is 7.15. The summed E-state index contributed by atoms with van der Waals surface area (Å²) in [7, 11) is 4.95. The minimum absolute atomic E-state index is 0.308. The van der Waals surface area contributed by atoms with Crippen LogP contribution in [0.4, 0.5) is 0 Å². The number of ether oxygens (including phenoxy) is 2. The topological polar surface area (TPSA) is 80.3 Å². The van der Waals surface area contributed by atoms with Gasteiger partial charge in [-0.2, -0.15) is 0 Å². The van der Waals surface area contributed by atoms with Gasteiger partial charge in [0.2, 0.25) is 0 Å². The van der Waals surface area contributed by atoms with E-state index in [1.807, 2.05) is 38.1 Å². The van der Waals surface area contributed by atoms with E-state index in [1.54, 1.807) is 30.4 Å². The van der Waals surface area contributed by atoms with Crippen LogP contribution in [-0.2, 0) is 20.1 Å². The highest BCUT2D eigenvalue weighted by Gasteiger charge is 2.18. The Morgan fingerprint density at radius 2 is 1.61 bits per heavy atom. The van der Waals surface area contributed by atoms with Gasteiger partial charge in [0.25, 0.3) is 5.56 Å². The van der Waals surface area contributed by atoms with Crippen molar-refractivity contribution in [1.29, 1.82) is 0 Å². The zero-order valence-corrected chi connectivity index (χ0v) is 20.0. The number of methoxy groups -OCH3 is 2. The molecule has 0 radical (unpaired) electrons. The summed E-state index contributed by atoms with van der Waals surface area (Å²) in [5.41, 5.74) is 1.08. The van der Waals surface area contributed by atoms with E-state index < -0.39 is 0 Å². The number of hydrogen-bond donors (Lipinski definition) is 0. The van der Waals surface area contributed by atoms with E-state index in [0.29, 0.717) is 48.0 Å². The van der Waals surface area contributed by atoms with E-state index in [9.17, 15) is 9.59 Å². The predicted octanol–water partition coefficient (Wildman–Crippen LogP) is 3.67. The van der Waals surface area contributed by atoms with Crippen molar-refractivity contribution in [3.05, 3.63) is 48.8 Å². The lowest BCUT2D eigenvalue weighted by Crippen LogP contribution is -2.40. The minimum atomic E-state index is -0.309. The SMILES string of the molecule is CCCn1c(=O)c2c(nc(C=Cc3cc(OC)c(OC)cc3Br)n2C)n(CCC)c1=O. The lowest BCUT2D eigenvalue weighted by atomic mass is 10.2. The Labute approximate surface area is 188 Å². The molecule has 0 aliphatic carbocycles. The van der Waals surface area contributed by atoms with Crippen LogP contribution in [0.25, 0.3) is 23.3 Å². The fourth-order valence-corrected chi connectivity index (χ4v) is 3.99. The van der Waals surface area contributed by atoms with Crippen molar-refractivity contribution in [3.8, 4) is 11.5 Å². The third kappa shape index (κ3) is 4.19. The number of aryl methyl sites for hydroxylation is 2. The first-order chi connectivity index (χ1) is 14.9. The summed E-state index contributed by atoms with van der Waals surface area (Å²) in [5.74, 6) is 1.80. The lowest BCUT2D eigenvalue weighted by Gasteiger charge is -2.10. The normalized spacial score (nSPS) is 11.5. The lowest BCUT2D eigenvalue weighted by molar-refractivity contribution is 0.354. The van der Waals surface area contributed by atoms with Gasteiger partial charge >= 0.3 is 5.69 Å². The van der Waals surface area contributed by atoms with Gasteiger partial charge in [-0.25, -0.2) is 9.78 Å². The molecule has 0 bridgehead atoms. The number of imidazole rings is 1. The van der Waals surface area contributed by atoms with Crippen LogP contribution in [-0.4, -0.2) is 32.9 Å². The number of halogens is 1. The number of benzene rings is 1. The van der Waals surface area contributed by atoms with E-state index in [2.05, 4.69) is 20.9 Å². The Hall–Kier alpha value is -2.81. The highest BCUT2D eigenvalue weighted by molar-refractivity contribution is 9.10. The van der Waals surface area contributed by atoms with E-state index in [1.165, 1.54) is 4.57 Å². The van der Waals surface area contributed by atoms with Crippen LogP contribution in [0.15, 0.2) is 26.2 Å². The van der Waals surface area contributed by atoms with Crippen molar-refractivity contribution in [2.24, 2.45) is 7.05 Å². The number of aromatic nitrogens is 4. The monoisotopic (exact) mass is 490 g/mol. The van der Waals surface area contributed by atoms with Gasteiger partial charge in [0.1, 0.15) is 5.82 Å². The summed E-state index contributed by atoms with van der Waals surface area (Å²) in [4.78, 5) is 30.6. The molecule has 0 aliphatic heterocycles. The maximum absolute atomic E-state index is 13.0. The van der Waals surface area contributed by atoms with E-state index in [4.69, 9.17) is 9.47 Å². The molecule has 2 heterocycles. The fraction of sp³-hybridized carbons (Fsp3) is 0.409. The Balaban J connectivity index is 2.18. The molecule has 31 heavy (non-hydrogen) atoms. The average Bonchev–Trinajstić information content (AvgIpc) is 3.09. The van der Waals surface area contributed by atoms with E-state index in [0.717, 1.165) is 16.5 Å². The van der Waals surface area contributed by atoms with Crippen LogP contribution in [0.3, 0.4) is 0 Å². The zero-order chi connectivity index (χ0) is 22.7. The summed E-state index contributed by atoms with van der Waals surface area (Å²) >= 11 is 3.55. The molecule has 0 amide bonds. The number of hydrogen-bond acceptors (Lipinski definition) is 5. The van der Waals surface area contributed by atoms with Gasteiger partial charge in [0.05, 0.1) is 14.2 Å². The quantitative estimate of drug-likeness (QED) is 0.481. The first-order valence-corrected chi connectivity index (χ1v) is 11.0. The first kappa shape index (κ1) is 22.9. The van der Waals surface area contributed by atoms with Crippen LogP contribution in [0.2, 0.25) is 0 Å². The second kappa shape index (κ2) is 9.55. The molecule has 3 aromatic rings. The highest BCUT2D eigenvalue weighted by atomic mass is 79.9. The summed E-state index contributed by atoms with van der Waals surface area (Å²) in [5, 5.41) is 0. The molecule has 9 heteroatoms. The fourth-order valence-electron chi connectivity index (χ4n) is 3.54. The number of nitrogens with zero attached hydrogens (tertiary/aromatic N) is 4. The molecule has 0 unspecified atom stereocenters. The predicted molar refractivity (Wildman–Crippen MR) is 126 cm³/mol. The Morgan fingerprint density at radius 3 is 2.23 bits per heavy atom. The number of rotatable bonds is 8. The van der Waals surface area contributed by atoms with Crippen LogP contribution in [0.1, 0.15) is 38.1 Å². The smallest absolute Gasteiger partial charge is 0.332 e. The van der Waals surface area contributed by atoms with Gasteiger partial charge in [-0.3, -0.25) is 13.9 Å². The van der Waals surface area contributed by atoms with Crippen LogP contribution < -0.4 is 20.7 Å². The third-order valence-electron chi connectivity index (χ3n) is 5.09. The second-order valence-corrected chi connectivity index (χ2v) is 8.01. The standard InChI is InChI=1S/C22H27BrN4O4/c1-6-10-26-20-19(21(28)27(11-7-2)22(26)29)25(3)18(24-20)9-8-14-12-16(30-4)17(31-5)13-15(14)23/h8-9,12-13H,6-7,10-11H2,1-5H3. The van der Waals surface area contributed by atoms with Crippen molar-refractivity contribution in [2.45, 2.75) is 39.8 Å². The average molecular weight is 491 g/mol. The Kier molecular flexibility index (Phi) is 7.04. The van der Waals surface area contributed by atoms with E-state index in [-0.39, 0.29) is 11.2 Å². The van der Waals surface area contributed by atoms with E-state index >= 15 is 0 Å². The van der Waals surface area contributed by atoms with Gasteiger partial charge in [0.15, 0.2) is 22.7 Å². The molecule has 0 spiro atoms. The minimum Gasteiger partial charge on any atom is -0.493 e. The number of fused-ring (bicyclic) bond motifs is 1. The van der Waals surface area contributed by atoms with Crippen molar-refractivity contribution >= 4 is 39.2 Å². The Bertz CT molecular complexity index is 1250. The molecule has 1 aromatic carbocycles. The van der Waals surface area contributed by atoms with Gasteiger partial charge in [-0.15, -0.1) is 0 Å².